The molecular weight excluding hydrogens is 398 g/mol. The molecule has 1 heterocycles. The lowest BCUT2D eigenvalue weighted by Gasteiger charge is -2.14. The van der Waals surface area contributed by atoms with Crippen molar-refractivity contribution in [1.29, 1.82) is 0 Å². The number of ether oxygens (including phenoxy) is 3. The fourth-order valence-corrected chi connectivity index (χ4v) is 3.21. The van der Waals surface area contributed by atoms with Crippen LogP contribution in [0.5, 0.6) is 17.2 Å². The molecule has 0 aliphatic heterocycles. The Morgan fingerprint density at radius 3 is 2.23 bits per heavy atom. The third kappa shape index (κ3) is 3.32. The van der Waals surface area contributed by atoms with Crippen molar-refractivity contribution in [2.45, 2.75) is 0 Å². The average molecular weight is 416 g/mol. The van der Waals surface area contributed by atoms with Crippen molar-refractivity contribution in [1.82, 2.24) is 4.98 Å². The van der Waals surface area contributed by atoms with Crippen molar-refractivity contribution in [2.75, 3.05) is 21.3 Å². The molecule has 0 bridgehead atoms. The third-order valence-electron chi connectivity index (χ3n) is 4.05. The van der Waals surface area contributed by atoms with Crippen molar-refractivity contribution in [3.63, 3.8) is 0 Å². The van der Waals surface area contributed by atoms with E-state index in [-0.39, 0.29) is 5.78 Å². The van der Waals surface area contributed by atoms with E-state index in [1.54, 1.807) is 45.9 Å². The lowest BCUT2D eigenvalue weighted by Crippen LogP contribution is -2.02. The predicted molar refractivity (Wildman–Crippen MR) is 103 cm³/mol. The van der Waals surface area contributed by atoms with E-state index in [2.05, 4.69) is 20.9 Å². The molecule has 1 aromatic heterocycles. The molecule has 3 aromatic rings. The van der Waals surface area contributed by atoms with Crippen LogP contribution in [0.4, 0.5) is 0 Å². The van der Waals surface area contributed by atoms with E-state index in [9.17, 15) is 4.79 Å². The molecule has 3 rings (SSSR count). The molecule has 0 spiro atoms. The van der Waals surface area contributed by atoms with E-state index >= 15 is 0 Å². The minimum Gasteiger partial charge on any atom is -0.493 e. The summed E-state index contributed by atoms with van der Waals surface area (Å²) in [5, 5.41) is 0. The molecule has 0 atom stereocenters. The Morgan fingerprint density at radius 1 is 0.962 bits per heavy atom. The second-order valence-corrected chi connectivity index (χ2v) is 6.45. The number of aromatic nitrogens is 1. The fourth-order valence-electron chi connectivity index (χ4n) is 2.81. The highest BCUT2D eigenvalue weighted by molar-refractivity contribution is 9.10. The second kappa shape index (κ2) is 7.66. The van der Waals surface area contributed by atoms with Crippen LogP contribution in [0.25, 0.3) is 11.1 Å². The maximum atomic E-state index is 13.0. The molecule has 0 saturated heterocycles. The summed E-state index contributed by atoms with van der Waals surface area (Å²) >= 11 is 3.40. The maximum Gasteiger partial charge on any atom is 0.203 e. The molecule has 1 N–H and O–H groups in total. The molecule has 6 heteroatoms. The van der Waals surface area contributed by atoms with Crippen LogP contribution < -0.4 is 14.2 Å². The van der Waals surface area contributed by atoms with Gasteiger partial charge in [0.2, 0.25) is 5.75 Å². The van der Waals surface area contributed by atoms with Crippen LogP contribution in [0.3, 0.4) is 0 Å². The van der Waals surface area contributed by atoms with Gasteiger partial charge in [-0.25, -0.2) is 0 Å². The number of carbonyl (C=O) groups excluding carboxylic acids is 1. The topological polar surface area (TPSA) is 60.6 Å². The van der Waals surface area contributed by atoms with E-state index in [4.69, 9.17) is 14.2 Å². The molecule has 0 amide bonds. The monoisotopic (exact) mass is 415 g/mol. The number of H-pyrrole nitrogens is 1. The molecule has 2 aromatic carbocycles. The zero-order valence-electron chi connectivity index (χ0n) is 14.6. The van der Waals surface area contributed by atoms with Crippen molar-refractivity contribution in [3.05, 3.63) is 64.4 Å². The van der Waals surface area contributed by atoms with Gasteiger partial charge in [-0.2, -0.15) is 0 Å². The third-order valence-corrected chi connectivity index (χ3v) is 4.55. The van der Waals surface area contributed by atoms with Gasteiger partial charge in [-0.05, 0) is 29.8 Å². The highest BCUT2D eigenvalue weighted by atomic mass is 79.9. The van der Waals surface area contributed by atoms with E-state index in [1.165, 1.54) is 0 Å². The molecule has 134 valence electrons. The first kappa shape index (κ1) is 18.1. The lowest BCUT2D eigenvalue weighted by atomic mass is 9.97. The SMILES string of the molecule is COc1cc(-c2c[nH]cc2C(=O)c2cccc(Br)c2)cc(OC)c1OC. The Balaban J connectivity index is 2.10. The Labute approximate surface area is 160 Å². The second-order valence-electron chi connectivity index (χ2n) is 5.54. The van der Waals surface area contributed by atoms with Crippen LogP contribution in [-0.4, -0.2) is 32.1 Å². The van der Waals surface area contributed by atoms with Crippen molar-refractivity contribution in [3.8, 4) is 28.4 Å². The number of aromatic amines is 1. The van der Waals surface area contributed by atoms with Crippen LogP contribution in [0.1, 0.15) is 15.9 Å². The first-order chi connectivity index (χ1) is 12.6. The minimum absolute atomic E-state index is 0.0729. The van der Waals surface area contributed by atoms with Gasteiger partial charge in [0.1, 0.15) is 0 Å². The number of methoxy groups -OCH3 is 3. The zero-order valence-corrected chi connectivity index (χ0v) is 16.2. The Hall–Kier alpha value is -2.73. The van der Waals surface area contributed by atoms with Crippen molar-refractivity contribution >= 4 is 21.7 Å². The van der Waals surface area contributed by atoms with Gasteiger partial charge in [-0.3, -0.25) is 4.79 Å². The molecule has 0 unspecified atom stereocenters. The smallest absolute Gasteiger partial charge is 0.203 e. The van der Waals surface area contributed by atoms with Crippen molar-refractivity contribution in [2.24, 2.45) is 0 Å². The van der Waals surface area contributed by atoms with E-state index in [1.807, 2.05) is 24.3 Å². The lowest BCUT2D eigenvalue weighted by molar-refractivity contribution is 0.103. The summed E-state index contributed by atoms with van der Waals surface area (Å²) in [6.07, 6.45) is 3.48. The number of halogens is 1. The number of benzene rings is 2. The molecule has 0 aliphatic carbocycles. The summed E-state index contributed by atoms with van der Waals surface area (Å²) in [6, 6.07) is 11.0. The summed E-state index contributed by atoms with van der Waals surface area (Å²) in [5.74, 6) is 1.50. The van der Waals surface area contributed by atoms with Crippen molar-refractivity contribution < 1.29 is 19.0 Å². The Bertz CT molecular complexity index is 923. The normalized spacial score (nSPS) is 10.5. The predicted octanol–water partition coefficient (Wildman–Crippen LogP) is 4.70. The number of hydrogen-bond donors (Lipinski definition) is 1. The standard InChI is InChI=1S/C20H18BrNO4/c1-24-17-8-13(9-18(25-2)20(17)26-3)15-10-22-11-16(15)19(23)12-5-4-6-14(21)7-12/h4-11,22H,1-3H3. The number of carbonyl (C=O) groups is 1. The summed E-state index contributed by atoms with van der Waals surface area (Å²) in [4.78, 5) is 16.0. The Kier molecular flexibility index (Phi) is 5.32. The highest BCUT2D eigenvalue weighted by Gasteiger charge is 2.20. The number of hydrogen-bond acceptors (Lipinski definition) is 4. The minimum atomic E-state index is -0.0729. The molecule has 0 aliphatic rings. The summed E-state index contributed by atoms with van der Waals surface area (Å²) < 4.78 is 17.0. The quantitative estimate of drug-likeness (QED) is 0.592. The van der Waals surface area contributed by atoms with E-state index in [0.29, 0.717) is 28.4 Å². The first-order valence-electron chi connectivity index (χ1n) is 7.86. The van der Waals surface area contributed by atoms with Gasteiger partial charge in [-0.15, -0.1) is 0 Å². The maximum absolute atomic E-state index is 13.0. The average Bonchev–Trinajstić information content (AvgIpc) is 3.15. The van der Waals surface area contributed by atoms with Gasteiger partial charge >= 0.3 is 0 Å². The summed E-state index contributed by atoms with van der Waals surface area (Å²) in [7, 11) is 4.68. The number of nitrogens with one attached hydrogen (secondary N) is 1. The van der Waals surface area contributed by atoms with Gasteiger partial charge in [0.15, 0.2) is 17.3 Å². The number of rotatable bonds is 6. The molecule has 0 saturated carbocycles. The molecule has 0 radical (unpaired) electrons. The van der Waals surface area contributed by atoms with Gasteiger partial charge < -0.3 is 19.2 Å². The largest absolute Gasteiger partial charge is 0.493 e. The first-order valence-corrected chi connectivity index (χ1v) is 8.65. The number of ketones is 1. The van der Waals surface area contributed by atoms with Gasteiger partial charge in [0, 0.05) is 33.6 Å². The Morgan fingerprint density at radius 2 is 1.65 bits per heavy atom. The van der Waals surface area contributed by atoms with Crippen LogP contribution in [-0.2, 0) is 0 Å². The van der Waals surface area contributed by atoms with Crippen LogP contribution in [0.15, 0.2) is 53.3 Å². The van der Waals surface area contributed by atoms with Crippen LogP contribution in [0, 0.1) is 0 Å². The highest BCUT2D eigenvalue weighted by Crippen LogP contribution is 2.42. The van der Waals surface area contributed by atoms with Gasteiger partial charge in [-0.1, -0.05) is 28.1 Å². The van der Waals surface area contributed by atoms with Crippen LogP contribution >= 0.6 is 15.9 Å². The van der Waals surface area contributed by atoms with Crippen LogP contribution in [0.2, 0.25) is 0 Å². The molecule has 26 heavy (non-hydrogen) atoms. The van der Waals surface area contributed by atoms with E-state index < -0.39 is 0 Å². The van der Waals surface area contributed by atoms with E-state index in [0.717, 1.165) is 15.6 Å². The van der Waals surface area contributed by atoms with Gasteiger partial charge in [0.05, 0.1) is 21.3 Å². The summed E-state index contributed by atoms with van der Waals surface area (Å²) in [6.45, 7) is 0. The molecular formula is C20H18BrNO4. The van der Waals surface area contributed by atoms with Gasteiger partial charge in [0.25, 0.3) is 0 Å². The zero-order chi connectivity index (χ0) is 18.7. The molecule has 0 fully saturated rings. The fraction of sp³-hybridized carbons (Fsp3) is 0.150. The summed E-state index contributed by atoms with van der Waals surface area (Å²) in [5.41, 5.74) is 2.72. The molecule has 5 nitrogen and oxygen atoms in total.